The Morgan fingerprint density at radius 1 is 1.24 bits per heavy atom. The molecule has 4 rings (SSSR count). The van der Waals surface area contributed by atoms with E-state index in [1.807, 2.05) is 30.4 Å². The third kappa shape index (κ3) is 4.97. The Kier molecular flexibility index (Phi) is 6.58. The van der Waals surface area contributed by atoms with Crippen molar-refractivity contribution in [1.82, 2.24) is 24.7 Å². The molecule has 11 nitrogen and oxygen atoms in total. The second-order valence-electron chi connectivity index (χ2n) is 7.01. The topological polar surface area (TPSA) is 128 Å². The molecule has 1 aliphatic heterocycles. The van der Waals surface area contributed by atoms with Crippen molar-refractivity contribution in [2.75, 3.05) is 30.9 Å². The van der Waals surface area contributed by atoms with Crippen LogP contribution >= 0.6 is 0 Å². The lowest BCUT2D eigenvalue weighted by molar-refractivity contribution is 0.0526. The largest absolute Gasteiger partial charge is 0.494 e. The van der Waals surface area contributed by atoms with Gasteiger partial charge in [0.15, 0.2) is 17.4 Å². The Bertz CT molecular complexity index is 1220. The van der Waals surface area contributed by atoms with E-state index in [-0.39, 0.29) is 23.9 Å². The normalized spacial score (nSPS) is 12.8. The molecule has 0 bridgehead atoms. The van der Waals surface area contributed by atoms with Crippen LogP contribution in [0.5, 0.6) is 5.75 Å². The lowest BCUT2D eigenvalue weighted by Crippen LogP contribution is -2.17. The van der Waals surface area contributed by atoms with Gasteiger partial charge in [0, 0.05) is 19.8 Å². The molecule has 2 aromatic heterocycles. The minimum atomic E-state index is -0.539. The van der Waals surface area contributed by atoms with Crippen molar-refractivity contribution in [3.8, 4) is 17.1 Å². The van der Waals surface area contributed by atoms with Crippen LogP contribution in [0.1, 0.15) is 23.7 Å². The van der Waals surface area contributed by atoms with Crippen molar-refractivity contribution < 1.29 is 14.3 Å². The number of aromatic nitrogens is 5. The van der Waals surface area contributed by atoms with E-state index < -0.39 is 5.97 Å². The van der Waals surface area contributed by atoms with E-state index in [0.717, 1.165) is 6.42 Å². The van der Waals surface area contributed by atoms with Crippen LogP contribution in [0.25, 0.3) is 11.4 Å². The number of dihydropyridines is 1. The highest BCUT2D eigenvalue weighted by Gasteiger charge is 2.20. The van der Waals surface area contributed by atoms with Crippen LogP contribution in [-0.4, -0.2) is 56.8 Å². The van der Waals surface area contributed by atoms with E-state index >= 15 is 0 Å². The summed E-state index contributed by atoms with van der Waals surface area (Å²) in [5, 5.41) is 10.6. The van der Waals surface area contributed by atoms with Gasteiger partial charge in [-0.1, -0.05) is 12.1 Å². The number of aryl methyl sites for hydroxylation is 1. The molecule has 0 atom stereocenters. The third-order valence-corrected chi connectivity index (χ3v) is 4.69. The fourth-order valence-corrected chi connectivity index (χ4v) is 3.22. The number of carbonyl (C=O) groups excluding carboxylic acids is 1. The molecule has 0 fully saturated rings. The number of carbonyl (C=O) groups is 1. The molecule has 0 amide bonds. The van der Waals surface area contributed by atoms with Gasteiger partial charge < -0.3 is 20.1 Å². The third-order valence-electron chi connectivity index (χ3n) is 4.69. The van der Waals surface area contributed by atoms with Gasteiger partial charge in [0.25, 0.3) is 0 Å². The molecule has 0 saturated heterocycles. The zero-order chi connectivity index (χ0) is 23.2. The molecule has 0 radical (unpaired) electrons. The number of esters is 1. The van der Waals surface area contributed by atoms with Gasteiger partial charge in [-0.25, -0.2) is 14.8 Å². The number of para-hydroxylation sites is 1. The first-order chi connectivity index (χ1) is 16.1. The first-order valence-electron chi connectivity index (χ1n) is 10.4. The predicted molar refractivity (Wildman–Crippen MR) is 124 cm³/mol. The summed E-state index contributed by atoms with van der Waals surface area (Å²) in [7, 11) is 3.34. The van der Waals surface area contributed by atoms with Gasteiger partial charge in [0.1, 0.15) is 17.7 Å². The lowest BCUT2D eigenvalue weighted by atomic mass is 10.1. The molecule has 0 saturated carbocycles. The number of benzene rings is 1. The molecule has 1 aromatic carbocycles. The van der Waals surface area contributed by atoms with E-state index in [9.17, 15) is 4.79 Å². The van der Waals surface area contributed by atoms with Crippen LogP contribution in [0.2, 0.25) is 0 Å². The Morgan fingerprint density at radius 3 is 2.82 bits per heavy atom. The van der Waals surface area contributed by atoms with E-state index in [1.165, 1.54) is 6.20 Å². The van der Waals surface area contributed by atoms with Gasteiger partial charge in [-0.3, -0.25) is 9.67 Å². The van der Waals surface area contributed by atoms with Gasteiger partial charge in [-0.15, -0.1) is 0 Å². The molecule has 0 aliphatic carbocycles. The fraction of sp³-hybridized carbons (Fsp3) is 0.273. The van der Waals surface area contributed by atoms with Crippen LogP contribution in [0.3, 0.4) is 0 Å². The van der Waals surface area contributed by atoms with Crippen molar-refractivity contribution in [2.45, 2.75) is 13.3 Å². The SMILES string of the molecule is CCOC(=O)c1cnc(NC2=NCCC=C2)nc1Nc1cccc(-c2ncn(C)n2)c1OC. The highest BCUT2D eigenvalue weighted by atomic mass is 16.5. The Labute approximate surface area is 190 Å². The molecular weight excluding hydrogens is 424 g/mol. The summed E-state index contributed by atoms with van der Waals surface area (Å²) in [5.41, 5.74) is 1.45. The van der Waals surface area contributed by atoms with Crippen LogP contribution in [-0.2, 0) is 11.8 Å². The summed E-state index contributed by atoms with van der Waals surface area (Å²) < 4.78 is 12.4. The Morgan fingerprint density at radius 2 is 2.12 bits per heavy atom. The maximum absolute atomic E-state index is 12.6. The van der Waals surface area contributed by atoms with Gasteiger partial charge in [0.05, 0.1) is 25.0 Å². The van der Waals surface area contributed by atoms with Gasteiger partial charge >= 0.3 is 5.97 Å². The van der Waals surface area contributed by atoms with Crippen LogP contribution in [0.4, 0.5) is 17.5 Å². The van der Waals surface area contributed by atoms with E-state index in [2.05, 4.69) is 35.7 Å². The monoisotopic (exact) mass is 448 g/mol. The molecule has 2 N–H and O–H groups in total. The van der Waals surface area contributed by atoms with Gasteiger partial charge in [-0.05, 0) is 31.6 Å². The Balaban J connectivity index is 1.72. The average Bonchev–Trinajstić information content (AvgIpc) is 3.26. The number of nitrogens with one attached hydrogen (secondary N) is 2. The quantitative estimate of drug-likeness (QED) is 0.524. The maximum atomic E-state index is 12.6. The van der Waals surface area contributed by atoms with E-state index in [1.54, 1.807) is 32.1 Å². The smallest absolute Gasteiger partial charge is 0.343 e. The van der Waals surface area contributed by atoms with E-state index in [0.29, 0.717) is 35.2 Å². The van der Waals surface area contributed by atoms with Crippen molar-refractivity contribution in [3.05, 3.63) is 48.4 Å². The average molecular weight is 448 g/mol. The molecule has 33 heavy (non-hydrogen) atoms. The molecule has 1 aliphatic rings. The molecule has 11 heteroatoms. The second kappa shape index (κ2) is 9.90. The second-order valence-corrected chi connectivity index (χ2v) is 7.01. The van der Waals surface area contributed by atoms with Crippen LogP contribution in [0, 0.1) is 0 Å². The maximum Gasteiger partial charge on any atom is 0.343 e. The Hall–Kier alpha value is -4.28. The first-order valence-corrected chi connectivity index (χ1v) is 10.4. The van der Waals surface area contributed by atoms with Crippen molar-refractivity contribution >= 4 is 29.3 Å². The summed E-state index contributed by atoms with van der Waals surface area (Å²) in [6.45, 7) is 2.65. The number of nitrogens with zero attached hydrogens (tertiary/aromatic N) is 6. The number of hydrogen-bond acceptors (Lipinski definition) is 10. The number of ether oxygens (including phenoxy) is 2. The van der Waals surface area contributed by atoms with Crippen molar-refractivity contribution in [3.63, 3.8) is 0 Å². The molecule has 0 unspecified atom stereocenters. The number of anilines is 3. The summed E-state index contributed by atoms with van der Waals surface area (Å²) in [6.07, 6.45) is 7.80. The number of aliphatic imine (C=N–C) groups is 1. The standard InChI is InChI=1S/C22H24N8O3/c1-4-33-21(31)15-12-24-22(27-17-10-5-6-11-23-17)28-20(15)26-16-9-7-8-14(18(16)32-3)19-25-13-30(2)29-19/h5,7-10,12-13H,4,6,11H2,1-3H3,(H2,23,24,26,27,28). The highest BCUT2D eigenvalue weighted by molar-refractivity contribution is 6.03. The summed E-state index contributed by atoms with van der Waals surface area (Å²) >= 11 is 0. The number of methoxy groups -OCH3 is 1. The molecule has 0 spiro atoms. The zero-order valence-electron chi connectivity index (χ0n) is 18.6. The fourth-order valence-electron chi connectivity index (χ4n) is 3.22. The molecule has 170 valence electrons. The lowest BCUT2D eigenvalue weighted by Gasteiger charge is -2.16. The molecule has 3 aromatic rings. The highest BCUT2D eigenvalue weighted by Crippen LogP contribution is 2.36. The summed E-state index contributed by atoms with van der Waals surface area (Å²) in [5.74, 6) is 1.68. The number of rotatable bonds is 7. The van der Waals surface area contributed by atoms with Crippen molar-refractivity contribution in [1.29, 1.82) is 0 Å². The molecule has 3 heterocycles. The van der Waals surface area contributed by atoms with Crippen molar-refractivity contribution in [2.24, 2.45) is 12.0 Å². The predicted octanol–water partition coefficient (Wildman–Crippen LogP) is 2.97. The van der Waals surface area contributed by atoms with Gasteiger partial charge in [0.2, 0.25) is 5.95 Å². The minimum Gasteiger partial charge on any atom is -0.494 e. The summed E-state index contributed by atoms with van der Waals surface area (Å²) in [4.78, 5) is 30.0. The molecular formula is C22H24N8O3. The van der Waals surface area contributed by atoms with E-state index in [4.69, 9.17) is 9.47 Å². The minimum absolute atomic E-state index is 0.187. The summed E-state index contributed by atoms with van der Waals surface area (Å²) in [6, 6.07) is 5.50. The number of hydrogen-bond donors (Lipinski definition) is 2. The first kappa shape index (κ1) is 21.9. The number of amidine groups is 1. The van der Waals surface area contributed by atoms with Gasteiger partial charge in [-0.2, -0.15) is 10.1 Å². The zero-order valence-corrected chi connectivity index (χ0v) is 18.6. The van der Waals surface area contributed by atoms with Crippen LogP contribution < -0.4 is 15.4 Å². The van der Waals surface area contributed by atoms with Crippen LogP contribution in [0.15, 0.2) is 47.9 Å².